The summed E-state index contributed by atoms with van der Waals surface area (Å²) in [5.74, 6) is -0.141. The first-order chi connectivity index (χ1) is 8.70. The van der Waals surface area contributed by atoms with Crippen molar-refractivity contribution in [2.24, 2.45) is 0 Å². The predicted octanol–water partition coefficient (Wildman–Crippen LogP) is 2.84. The molecule has 1 aromatic carbocycles. The van der Waals surface area contributed by atoms with E-state index in [4.69, 9.17) is 5.73 Å². The molecule has 0 saturated heterocycles. The highest BCUT2D eigenvalue weighted by Crippen LogP contribution is 2.23. The molecule has 0 atom stereocenters. The van der Waals surface area contributed by atoms with Crippen molar-refractivity contribution in [1.82, 2.24) is 9.88 Å². The van der Waals surface area contributed by atoms with Gasteiger partial charge in [0, 0.05) is 30.7 Å². The first-order valence-electron chi connectivity index (χ1n) is 5.90. The van der Waals surface area contributed by atoms with Crippen molar-refractivity contribution < 1.29 is 4.39 Å². The summed E-state index contributed by atoms with van der Waals surface area (Å²) in [6, 6.07) is 5.07. The van der Waals surface area contributed by atoms with Gasteiger partial charge >= 0.3 is 0 Å². The third-order valence-electron chi connectivity index (χ3n) is 3.21. The van der Waals surface area contributed by atoms with Crippen LogP contribution in [0, 0.1) is 5.82 Å². The molecule has 0 aliphatic carbocycles. The Labute approximate surface area is 121 Å². The summed E-state index contributed by atoms with van der Waals surface area (Å²) in [6.07, 6.45) is 2.74. The maximum atomic E-state index is 13.1. The number of anilines is 1. The molecule has 2 heterocycles. The zero-order valence-electron chi connectivity index (χ0n) is 10.3. The largest absolute Gasteiger partial charge is 0.375 e. The first-order valence-corrected chi connectivity index (χ1v) is 6.72. The summed E-state index contributed by atoms with van der Waals surface area (Å²) in [4.78, 5) is 7.58. The fraction of sp³-hybridized carbons (Fsp3) is 0.308. The molecule has 3 rings (SSSR count). The lowest BCUT2D eigenvalue weighted by Gasteiger charge is -2.28. The van der Waals surface area contributed by atoms with Gasteiger partial charge in [0.2, 0.25) is 0 Å². The van der Waals surface area contributed by atoms with E-state index in [9.17, 15) is 4.39 Å². The summed E-state index contributed by atoms with van der Waals surface area (Å²) in [7, 11) is 0. The van der Waals surface area contributed by atoms with Crippen LogP contribution in [-0.2, 0) is 19.5 Å². The van der Waals surface area contributed by atoms with Gasteiger partial charge in [-0.25, -0.2) is 9.37 Å². The number of rotatable bonds is 2. The van der Waals surface area contributed by atoms with E-state index >= 15 is 0 Å². The molecule has 2 aromatic rings. The highest BCUT2D eigenvalue weighted by Gasteiger charge is 2.17. The lowest BCUT2D eigenvalue weighted by atomic mass is 10.00. The topological polar surface area (TPSA) is 42.1 Å². The molecule has 0 fully saturated rings. The predicted molar refractivity (Wildman–Crippen MR) is 78.0 cm³/mol. The van der Waals surface area contributed by atoms with Crippen LogP contribution in [0.4, 0.5) is 9.52 Å². The van der Waals surface area contributed by atoms with Crippen molar-refractivity contribution in [2.75, 3.05) is 12.3 Å². The van der Waals surface area contributed by atoms with Crippen molar-refractivity contribution in [3.05, 3.63) is 46.2 Å². The van der Waals surface area contributed by atoms with Gasteiger partial charge in [0.05, 0.1) is 0 Å². The Bertz CT molecular complexity index is 573. The summed E-state index contributed by atoms with van der Waals surface area (Å²) in [6.45, 7) is 2.69. The van der Waals surface area contributed by atoms with Crippen LogP contribution in [0.2, 0.25) is 0 Å². The zero-order valence-corrected chi connectivity index (χ0v) is 11.9. The first kappa shape index (κ1) is 14.2. The van der Waals surface area contributed by atoms with Crippen molar-refractivity contribution in [2.45, 2.75) is 19.5 Å². The Kier molecular flexibility index (Phi) is 4.39. The normalized spacial score (nSPS) is 14.8. The maximum Gasteiger partial charge on any atom is 0.180 e. The molecule has 0 radical (unpaired) electrons. The molecular formula is C13H15ClFN3S. The Morgan fingerprint density at radius 3 is 2.95 bits per heavy atom. The third kappa shape index (κ3) is 3.23. The van der Waals surface area contributed by atoms with Crippen molar-refractivity contribution in [3.63, 3.8) is 0 Å². The Hall–Kier alpha value is -1.17. The van der Waals surface area contributed by atoms with E-state index in [1.165, 1.54) is 27.8 Å². The number of hydrogen-bond donors (Lipinski definition) is 1. The molecule has 102 valence electrons. The number of halogens is 2. The molecule has 19 heavy (non-hydrogen) atoms. The Morgan fingerprint density at radius 1 is 1.37 bits per heavy atom. The molecule has 6 heteroatoms. The SMILES string of the molecule is Cl.Nc1ncc(CN2CCc3cc(F)ccc3C2)s1. The monoisotopic (exact) mass is 299 g/mol. The molecule has 1 aromatic heterocycles. The van der Waals surface area contributed by atoms with Crippen LogP contribution in [0.25, 0.3) is 0 Å². The second kappa shape index (κ2) is 5.86. The van der Waals surface area contributed by atoms with Gasteiger partial charge in [0.1, 0.15) is 5.82 Å². The van der Waals surface area contributed by atoms with Gasteiger partial charge in [0.15, 0.2) is 5.13 Å². The summed E-state index contributed by atoms with van der Waals surface area (Å²) in [5, 5.41) is 0.615. The van der Waals surface area contributed by atoms with Gasteiger partial charge in [0.25, 0.3) is 0 Å². The highest BCUT2D eigenvalue weighted by atomic mass is 35.5. The van der Waals surface area contributed by atoms with E-state index < -0.39 is 0 Å². The van der Waals surface area contributed by atoms with E-state index in [2.05, 4.69) is 9.88 Å². The molecule has 0 unspecified atom stereocenters. The van der Waals surface area contributed by atoms with Crippen molar-refractivity contribution >= 4 is 28.9 Å². The highest BCUT2D eigenvalue weighted by molar-refractivity contribution is 7.15. The molecule has 0 amide bonds. The Morgan fingerprint density at radius 2 is 2.21 bits per heavy atom. The van der Waals surface area contributed by atoms with Crippen molar-refractivity contribution in [3.8, 4) is 0 Å². The molecule has 0 spiro atoms. The van der Waals surface area contributed by atoms with E-state index in [0.717, 1.165) is 31.6 Å². The third-order valence-corrected chi connectivity index (χ3v) is 4.02. The summed E-state index contributed by atoms with van der Waals surface area (Å²) >= 11 is 1.53. The lowest BCUT2D eigenvalue weighted by molar-refractivity contribution is 0.247. The second-order valence-corrected chi connectivity index (χ2v) is 5.69. The number of nitrogens with two attached hydrogens (primary N) is 1. The Balaban J connectivity index is 0.00000133. The van der Waals surface area contributed by atoms with E-state index in [-0.39, 0.29) is 18.2 Å². The minimum Gasteiger partial charge on any atom is -0.375 e. The van der Waals surface area contributed by atoms with Crippen LogP contribution >= 0.6 is 23.7 Å². The minimum absolute atomic E-state index is 0. The fourth-order valence-corrected chi connectivity index (χ4v) is 3.06. The number of thiazole rings is 1. The maximum absolute atomic E-state index is 13.1. The zero-order chi connectivity index (χ0) is 12.5. The van der Waals surface area contributed by atoms with Crippen LogP contribution in [-0.4, -0.2) is 16.4 Å². The van der Waals surface area contributed by atoms with Crippen LogP contribution in [0.1, 0.15) is 16.0 Å². The van der Waals surface area contributed by atoms with Crippen LogP contribution in [0.15, 0.2) is 24.4 Å². The average molecular weight is 300 g/mol. The number of benzene rings is 1. The molecule has 1 aliphatic heterocycles. The smallest absolute Gasteiger partial charge is 0.180 e. The minimum atomic E-state index is -0.141. The van der Waals surface area contributed by atoms with Gasteiger partial charge < -0.3 is 5.73 Å². The number of nitrogens with zero attached hydrogens (tertiary/aromatic N) is 2. The van der Waals surface area contributed by atoms with Crippen LogP contribution < -0.4 is 5.73 Å². The van der Waals surface area contributed by atoms with Crippen LogP contribution in [0.3, 0.4) is 0 Å². The van der Waals surface area contributed by atoms with Gasteiger partial charge in [-0.2, -0.15) is 0 Å². The van der Waals surface area contributed by atoms with Gasteiger partial charge in [-0.05, 0) is 29.7 Å². The summed E-state index contributed by atoms with van der Waals surface area (Å²) in [5.41, 5.74) is 7.98. The standard InChI is InChI=1S/C13H14FN3S.ClH/c14-11-2-1-10-7-17(4-3-9(10)5-11)8-12-6-16-13(15)18-12;/h1-2,5-6H,3-4,7-8H2,(H2,15,16);1H. The van der Waals surface area contributed by atoms with Gasteiger partial charge in [-0.3, -0.25) is 4.90 Å². The van der Waals surface area contributed by atoms with Gasteiger partial charge in [-0.1, -0.05) is 6.07 Å². The van der Waals surface area contributed by atoms with E-state index in [1.807, 2.05) is 12.3 Å². The summed E-state index contributed by atoms with van der Waals surface area (Å²) < 4.78 is 13.1. The molecule has 0 saturated carbocycles. The number of aromatic nitrogens is 1. The van der Waals surface area contributed by atoms with Crippen molar-refractivity contribution in [1.29, 1.82) is 0 Å². The lowest BCUT2D eigenvalue weighted by Crippen LogP contribution is -2.29. The number of nitrogen functional groups attached to an aromatic ring is 1. The molecular weight excluding hydrogens is 285 g/mol. The molecule has 1 aliphatic rings. The second-order valence-electron chi connectivity index (χ2n) is 4.54. The average Bonchev–Trinajstić information content (AvgIpc) is 2.75. The quantitative estimate of drug-likeness (QED) is 0.927. The van der Waals surface area contributed by atoms with E-state index in [0.29, 0.717) is 5.13 Å². The molecule has 2 N–H and O–H groups in total. The molecule has 3 nitrogen and oxygen atoms in total. The van der Waals surface area contributed by atoms with E-state index in [1.54, 1.807) is 6.07 Å². The fourth-order valence-electron chi connectivity index (χ4n) is 2.33. The van der Waals surface area contributed by atoms with Gasteiger partial charge in [-0.15, -0.1) is 23.7 Å². The molecule has 0 bridgehead atoms. The number of hydrogen-bond acceptors (Lipinski definition) is 4. The number of fused-ring (bicyclic) bond motifs is 1. The van der Waals surface area contributed by atoms with Crippen LogP contribution in [0.5, 0.6) is 0 Å².